The number of carbonyl (C=O) groups is 1. The molecule has 1 amide bonds. The van der Waals surface area contributed by atoms with Crippen LogP contribution in [0.4, 0.5) is 4.39 Å². The fourth-order valence-electron chi connectivity index (χ4n) is 3.14. The van der Waals surface area contributed by atoms with Gasteiger partial charge in [0.15, 0.2) is 5.76 Å². The summed E-state index contributed by atoms with van der Waals surface area (Å²) in [5, 5.41) is 0. The Morgan fingerprint density at radius 3 is 2.50 bits per heavy atom. The van der Waals surface area contributed by atoms with E-state index in [4.69, 9.17) is 13.6 Å². The zero-order valence-corrected chi connectivity index (χ0v) is 15.3. The van der Waals surface area contributed by atoms with Crippen LogP contribution < -0.4 is 4.74 Å². The molecule has 0 N–H and O–H groups in total. The minimum absolute atomic E-state index is 0.120. The predicted octanol–water partition coefficient (Wildman–Crippen LogP) is 3.55. The summed E-state index contributed by atoms with van der Waals surface area (Å²) in [6.07, 6.45) is 1.67. The summed E-state index contributed by atoms with van der Waals surface area (Å²) in [5.41, 5.74) is 0. The number of furan rings is 2. The molecule has 1 aliphatic rings. The number of hydrogen-bond donors (Lipinski definition) is 0. The molecule has 0 radical (unpaired) electrons. The van der Waals surface area contributed by atoms with Gasteiger partial charge in [0.2, 0.25) is 0 Å². The lowest BCUT2D eigenvalue weighted by atomic mass is 10.2. The molecule has 0 aliphatic carbocycles. The Morgan fingerprint density at radius 1 is 1.00 bits per heavy atom. The van der Waals surface area contributed by atoms with Crippen molar-refractivity contribution in [1.82, 2.24) is 9.80 Å². The first-order chi connectivity index (χ1) is 13.7. The third-order valence-electron chi connectivity index (χ3n) is 4.69. The highest BCUT2D eigenvalue weighted by Crippen LogP contribution is 2.17. The Labute approximate surface area is 162 Å². The predicted molar refractivity (Wildman–Crippen MR) is 99.3 cm³/mol. The van der Waals surface area contributed by atoms with Gasteiger partial charge in [-0.2, -0.15) is 0 Å². The van der Waals surface area contributed by atoms with Crippen molar-refractivity contribution in [3.8, 4) is 5.75 Å². The SMILES string of the molecule is O=C(c1ccc(COc2ccc(F)cc2)o1)N1CCN(Cc2ccco2)CC1. The quantitative estimate of drug-likeness (QED) is 0.651. The molecule has 1 aliphatic heterocycles. The molecule has 3 aromatic rings. The molecule has 1 aromatic carbocycles. The fraction of sp³-hybridized carbons (Fsp3) is 0.286. The lowest BCUT2D eigenvalue weighted by molar-refractivity contribution is 0.0586. The van der Waals surface area contributed by atoms with Gasteiger partial charge in [-0.15, -0.1) is 0 Å². The van der Waals surface area contributed by atoms with Crippen LogP contribution in [0.25, 0.3) is 0 Å². The number of halogens is 1. The van der Waals surface area contributed by atoms with Gasteiger partial charge in [-0.3, -0.25) is 9.69 Å². The molecule has 2 aromatic heterocycles. The maximum Gasteiger partial charge on any atom is 0.289 e. The van der Waals surface area contributed by atoms with E-state index in [1.165, 1.54) is 12.1 Å². The highest BCUT2D eigenvalue weighted by atomic mass is 19.1. The largest absolute Gasteiger partial charge is 0.486 e. The van der Waals surface area contributed by atoms with Crippen molar-refractivity contribution in [1.29, 1.82) is 0 Å². The van der Waals surface area contributed by atoms with Crippen LogP contribution in [0, 0.1) is 5.82 Å². The molecule has 0 bridgehead atoms. The summed E-state index contributed by atoms with van der Waals surface area (Å²) in [5.74, 6) is 1.88. The van der Waals surface area contributed by atoms with Gasteiger partial charge in [-0.25, -0.2) is 4.39 Å². The third kappa shape index (κ3) is 4.43. The first-order valence-corrected chi connectivity index (χ1v) is 9.18. The smallest absolute Gasteiger partial charge is 0.289 e. The number of rotatable bonds is 6. The molecule has 1 saturated heterocycles. The number of piperazine rings is 1. The van der Waals surface area contributed by atoms with Gasteiger partial charge in [0.25, 0.3) is 5.91 Å². The van der Waals surface area contributed by atoms with Crippen molar-refractivity contribution < 1.29 is 22.8 Å². The average Bonchev–Trinajstić information content (AvgIpc) is 3.40. The summed E-state index contributed by atoms with van der Waals surface area (Å²) in [6, 6.07) is 13.0. The van der Waals surface area contributed by atoms with E-state index >= 15 is 0 Å². The Kier molecular flexibility index (Phi) is 5.43. The molecule has 4 rings (SSSR count). The molecule has 1 fully saturated rings. The van der Waals surface area contributed by atoms with Gasteiger partial charge in [-0.1, -0.05) is 0 Å². The Hall–Kier alpha value is -3.06. The van der Waals surface area contributed by atoms with Crippen LogP contribution in [-0.2, 0) is 13.2 Å². The standard InChI is InChI=1S/C21H21FN2O4/c22-16-3-5-17(6-4-16)27-15-19-7-8-20(28-19)21(25)24-11-9-23(10-12-24)14-18-2-1-13-26-18/h1-8,13H,9-12,14-15H2. The Bertz CT molecular complexity index is 897. The minimum atomic E-state index is -0.317. The van der Waals surface area contributed by atoms with Crippen molar-refractivity contribution in [2.24, 2.45) is 0 Å². The molecular formula is C21H21FN2O4. The maximum absolute atomic E-state index is 12.9. The van der Waals surface area contributed by atoms with Crippen molar-refractivity contribution in [2.45, 2.75) is 13.2 Å². The van der Waals surface area contributed by atoms with Crippen LogP contribution in [-0.4, -0.2) is 41.9 Å². The normalized spacial score (nSPS) is 15.0. The molecule has 0 atom stereocenters. The van der Waals surface area contributed by atoms with Gasteiger partial charge >= 0.3 is 0 Å². The zero-order chi connectivity index (χ0) is 19.3. The van der Waals surface area contributed by atoms with Crippen LogP contribution in [0.15, 0.2) is 63.6 Å². The summed E-state index contributed by atoms with van der Waals surface area (Å²) in [6.45, 7) is 3.78. The van der Waals surface area contributed by atoms with Gasteiger partial charge in [0.1, 0.15) is 29.7 Å². The van der Waals surface area contributed by atoms with E-state index in [-0.39, 0.29) is 18.3 Å². The summed E-state index contributed by atoms with van der Waals surface area (Å²) in [4.78, 5) is 16.7. The number of carbonyl (C=O) groups excluding carboxylic acids is 1. The van der Waals surface area contributed by atoms with Crippen LogP contribution >= 0.6 is 0 Å². The molecule has 0 saturated carbocycles. The van der Waals surface area contributed by atoms with Crippen molar-refractivity contribution in [2.75, 3.05) is 26.2 Å². The molecular weight excluding hydrogens is 363 g/mol. The number of amides is 1. The van der Waals surface area contributed by atoms with Crippen LogP contribution in [0.2, 0.25) is 0 Å². The van der Waals surface area contributed by atoms with Crippen LogP contribution in [0.3, 0.4) is 0 Å². The molecule has 146 valence electrons. The Balaban J connectivity index is 1.27. The van der Waals surface area contributed by atoms with Crippen molar-refractivity contribution in [3.63, 3.8) is 0 Å². The number of hydrogen-bond acceptors (Lipinski definition) is 5. The summed E-state index contributed by atoms with van der Waals surface area (Å²) >= 11 is 0. The maximum atomic E-state index is 12.9. The van der Waals surface area contributed by atoms with Gasteiger partial charge in [0, 0.05) is 26.2 Å². The highest BCUT2D eigenvalue weighted by Gasteiger charge is 2.24. The average molecular weight is 384 g/mol. The molecule has 6 nitrogen and oxygen atoms in total. The highest BCUT2D eigenvalue weighted by molar-refractivity contribution is 5.91. The minimum Gasteiger partial charge on any atom is -0.486 e. The van der Waals surface area contributed by atoms with E-state index in [1.54, 1.807) is 35.4 Å². The molecule has 28 heavy (non-hydrogen) atoms. The second-order valence-electron chi connectivity index (χ2n) is 6.66. The first kappa shape index (κ1) is 18.3. The van der Waals surface area contributed by atoms with Crippen LogP contribution in [0.5, 0.6) is 5.75 Å². The Morgan fingerprint density at radius 2 is 1.79 bits per heavy atom. The van der Waals surface area contributed by atoms with E-state index in [2.05, 4.69) is 4.90 Å². The van der Waals surface area contributed by atoms with Crippen molar-refractivity contribution in [3.05, 3.63) is 77.9 Å². The van der Waals surface area contributed by atoms with Crippen LogP contribution in [0.1, 0.15) is 22.1 Å². The number of ether oxygens (including phenoxy) is 1. The monoisotopic (exact) mass is 384 g/mol. The second-order valence-corrected chi connectivity index (χ2v) is 6.66. The van der Waals surface area contributed by atoms with Gasteiger partial charge < -0.3 is 18.5 Å². The lowest BCUT2D eigenvalue weighted by Gasteiger charge is -2.33. The summed E-state index contributed by atoms with van der Waals surface area (Å²) < 4.78 is 29.5. The summed E-state index contributed by atoms with van der Waals surface area (Å²) in [7, 11) is 0. The molecule has 7 heteroatoms. The lowest BCUT2D eigenvalue weighted by Crippen LogP contribution is -2.48. The molecule has 0 spiro atoms. The fourth-order valence-corrected chi connectivity index (χ4v) is 3.14. The molecule has 0 unspecified atom stereocenters. The third-order valence-corrected chi connectivity index (χ3v) is 4.69. The number of benzene rings is 1. The van der Waals surface area contributed by atoms with E-state index in [0.29, 0.717) is 30.4 Å². The van der Waals surface area contributed by atoms with Crippen molar-refractivity contribution >= 4 is 5.91 Å². The molecule has 3 heterocycles. The second kappa shape index (κ2) is 8.31. The van der Waals surface area contributed by atoms with E-state index in [1.807, 2.05) is 12.1 Å². The zero-order valence-electron chi connectivity index (χ0n) is 15.3. The van der Waals surface area contributed by atoms with E-state index < -0.39 is 0 Å². The topological polar surface area (TPSA) is 59.1 Å². The number of nitrogens with zero attached hydrogens (tertiary/aromatic N) is 2. The van der Waals surface area contributed by atoms with E-state index in [0.717, 1.165) is 25.4 Å². The van der Waals surface area contributed by atoms with E-state index in [9.17, 15) is 9.18 Å². The van der Waals surface area contributed by atoms with Gasteiger partial charge in [0.05, 0.1) is 12.8 Å². The van der Waals surface area contributed by atoms with Gasteiger partial charge in [-0.05, 0) is 48.5 Å². The first-order valence-electron chi connectivity index (χ1n) is 9.18.